The first-order chi connectivity index (χ1) is 6.35. The predicted octanol–water partition coefficient (Wildman–Crippen LogP) is 3.93. The highest BCUT2D eigenvalue weighted by molar-refractivity contribution is 5.77. The Morgan fingerprint density at radius 2 is 1.62 bits per heavy atom. The zero-order valence-corrected chi connectivity index (χ0v) is 9.50. The molecule has 0 fully saturated rings. The van der Waals surface area contributed by atoms with Crippen LogP contribution in [-0.2, 0) is 4.79 Å². The average Bonchev–Trinajstić information content (AvgIpc) is 2.23. The van der Waals surface area contributed by atoms with Crippen LogP contribution >= 0.6 is 0 Å². The fraction of sp³-hybridized carbons (Fsp3) is 0.417. The third-order valence-electron chi connectivity index (χ3n) is 0.806. The largest absolute Gasteiger partial charge is 0.298 e. The van der Waals surface area contributed by atoms with Crippen molar-refractivity contribution in [2.45, 2.75) is 34.6 Å². The van der Waals surface area contributed by atoms with Gasteiger partial charge in [0.15, 0.2) is 0 Å². The summed E-state index contributed by atoms with van der Waals surface area (Å²) < 4.78 is 0. The molecule has 0 aliphatic heterocycles. The Labute approximate surface area is 82.9 Å². The van der Waals surface area contributed by atoms with Gasteiger partial charge in [0.1, 0.15) is 6.29 Å². The lowest BCUT2D eigenvalue weighted by atomic mass is 10.2. The van der Waals surface area contributed by atoms with Crippen LogP contribution in [0, 0.1) is 0 Å². The molecule has 0 aromatic heterocycles. The third-order valence-corrected chi connectivity index (χ3v) is 0.806. The lowest BCUT2D eigenvalue weighted by Crippen LogP contribution is -1.75. The van der Waals surface area contributed by atoms with Crippen molar-refractivity contribution < 1.29 is 4.79 Å². The van der Waals surface area contributed by atoms with Gasteiger partial charge < -0.3 is 0 Å². The molecule has 1 heteroatoms. The van der Waals surface area contributed by atoms with E-state index in [1.807, 2.05) is 40.7 Å². The maximum atomic E-state index is 10.1. The Bertz CT molecular complexity index is 153. The SMILES string of the molecule is C=C/C=C(C=O)\C=C/C.CC.CC. The minimum atomic E-state index is 0.646. The molecule has 0 saturated heterocycles. The van der Waals surface area contributed by atoms with Crippen molar-refractivity contribution in [1.29, 1.82) is 0 Å². The molecule has 0 heterocycles. The van der Waals surface area contributed by atoms with Crippen LogP contribution < -0.4 is 0 Å². The summed E-state index contributed by atoms with van der Waals surface area (Å²) in [5, 5.41) is 0. The Kier molecular flexibility index (Phi) is 30.8. The lowest BCUT2D eigenvalue weighted by molar-refractivity contribution is -0.104. The highest BCUT2D eigenvalue weighted by Gasteiger charge is 1.80. The van der Waals surface area contributed by atoms with Gasteiger partial charge >= 0.3 is 0 Å². The molecule has 0 aliphatic rings. The van der Waals surface area contributed by atoms with Crippen LogP contribution in [0.3, 0.4) is 0 Å². The van der Waals surface area contributed by atoms with Gasteiger partial charge in [-0.3, -0.25) is 4.79 Å². The van der Waals surface area contributed by atoms with Gasteiger partial charge in [0.05, 0.1) is 0 Å². The van der Waals surface area contributed by atoms with E-state index in [4.69, 9.17) is 0 Å². The monoisotopic (exact) mass is 182 g/mol. The number of carbonyl (C=O) groups is 1. The van der Waals surface area contributed by atoms with E-state index < -0.39 is 0 Å². The number of allylic oxidation sites excluding steroid dienone is 5. The van der Waals surface area contributed by atoms with Crippen molar-refractivity contribution >= 4 is 6.29 Å². The van der Waals surface area contributed by atoms with Gasteiger partial charge in [0.25, 0.3) is 0 Å². The molecule has 0 bridgehead atoms. The van der Waals surface area contributed by atoms with E-state index in [2.05, 4.69) is 6.58 Å². The van der Waals surface area contributed by atoms with Crippen LogP contribution in [-0.4, -0.2) is 6.29 Å². The van der Waals surface area contributed by atoms with Gasteiger partial charge in [0, 0.05) is 5.57 Å². The van der Waals surface area contributed by atoms with Crippen LogP contribution in [0.1, 0.15) is 34.6 Å². The van der Waals surface area contributed by atoms with Crippen molar-refractivity contribution in [1.82, 2.24) is 0 Å². The number of aldehydes is 1. The molecule has 0 aliphatic carbocycles. The fourth-order valence-corrected chi connectivity index (χ4v) is 0.463. The predicted molar refractivity (Wildman–Crippen MR) is 61.9 cm³/mol. The second-order valence-electron chi connectivity index (χ2n) is 1.52. The third kappa shape index (κ3) is 18.1. The zero-order valence-electron chi connectivity index (χ0n) is 9.50. The van der Waals surface area contributed by atoms with E-state index in [-0.39, 0.29) is 0 Å². The Hall–Kier alpha value is -1.11. The van der Waals surface area contributed by atoms with E-state index in [9.17, 15) is 4.79 Å². The standard InChI is InChI=1S/C8H10O.2C2H6/c1-3-5-8(7-9)6-4-2;2*1-2/h3-7H,1H2,2H3;2*1-2H3/b6-4-,8-5+;;. The molecule has 0 aromatic carbocycles. The molecule has 0 N–H and O–H groups in total. The molecule has 0 saturated carbocycles. The van der Waals surface area contributed by atoms with Crippen LogP contribution in [0.5, 0.6) is 0 Å². The van der Waals surface area contributed by atoms with E-state index in [0.717, 1.165) is 6.29 Å². The minimum absolute atomic E-state index is 0.646. The summed E-state index contributed by atoms with van der Waals surface area (Å²) in [6.45, 7) is 13.3. The van der Waals surface area contributed by atoms with Crippen molar-refractivity contribution in [2.75, 3.05) is 0 Å². The highest BCUT2D eigenvalue weighted by Crippen LogP contribution is 1.90. The maximum Gasteiger partial charge on any atom is 0.150 e. The summed E-state index contributed by atoms with van der Waals surface area (Å²) in [5.74, 6) is 0. The molecule has 0 radical (unpaired) electrons. The Morgan fingerprint density at radius 3 is 1.85 bits per heavy atom. The molecule has 0 rings (SSSR count). The molecule has 76 valence electrons. The first-order valence-electron chi connectivity index (χ1n) is 4.75. The van der Waals surface area contributed by atoms with Gasteiger partial charge in [-0.15, -0.1) is 0 Å². The highest BCUT2D eigenvalue weighted by atomic mass is 16.1. The summed E-state index contributed by atoms with van der Waals surface area (Å²) in [6.07, 6.45) is 7.58. The molecule has 0 atom stereocenters. The lowest BCUT2D eigenvalue weighted by Gasteiger charge is -1.81. The van der Waals surface area contributed by atoms with Crippen LogP contribution in [0.15, 0.2) is 36.5 Å². The molecule has 0 amide bonds. The summed E-state index contributed by atoms with van der Waals surface area (Å²) in [7, 11) is 0. The average molecular weight is 182 g/mol. The van der Waals surface area contributed by atoms with Crippen molar-refractivity contribution in [3.05, 3.63) is 36.5 Å². The molecular weight excluding hydrogens is 160 g/mol. The second-order valence-corrected chi connectivity index (χ2v) is 1.52. The number of hydrogen-bond acceptors (Lipinski definition) is 1. The fourth-order valence-electron chi connectivity index (χ4n) is 0.463. The second kappa shape index (κ2) is 22.4. The smallest absolute Gasteiger partial charge is 0.150 e. The molecule has 13 heavy (non-hydrogen) atoms. The van der Waals surface area contributed by atoms with Crippen LogP contribution in [0.4, 0.5) is 0 Å². The molecule has 1 nitrogen and oxygen atoms in total. The summed E-state index contributed by atoms with van der Waals surface area (Å²) in [5.41, 5.74) is 0.646. The van der Waals surface area contributed by atoms with Crippen molar-refractivity contribution in [2.24, 2.45) is 0 Å². The minimum Gasteiger partial charge on any atom is -0.298 e. The van der Waals surface area contributed by atoms with Crippen LogP contribution in [0.25, 0.3) is 0 Å². The van der Waals surface area contributed by atoms with Crippen molar-refractivity contribution in [3.8, 4) is 0 Å². The van der Waals surface area contributed by atoms with Gasteiger partial charge in [-0.25, -0.2) is 0 Å². The van der Waals surface area contributed by atoms with Gasteiger partial charge in [-0.1, -0.05) is 58.6 Å². The topological polar surface area (TPSA) is 17.1 Å². The van der Waals surface area contributed by atoms with E-state index in [1.165, 1.54) is 0 Å². The van der Waals surface area contributed by atoms with Crippen LogP contribution in [0.2, 0.25) is 0 Å². The summed E-state index contributed by atoms with van der Waals surface area (Å²) in [6, 6.07) is 0. The quantitative estimate of drug-likeness (QED) is 0.367. The number of hydrogen-bond donors (Lipinski definition) is 0. The zero-order chi connectivity index (χ0) is 11.1. The van der Waals surface area contributed by atoms with Gasteiger partial charge in [-0.05, 0) is 6.92 Å². The van der Waals surface area contributed by atoms with Gasteiger partial charge in [0.2, 0.25) is 0 Å². The number of rotatable bonds is 3. The molecular formula is C12H22O. The van der Waals surface area contributed by atoms with E-state index in [1.54, 1.807) is 18.2 Å². The first kappa shape index (κ1) is 17.8. The van der Waals surface area contributed by atoms with Crippen molar-refractivity contribution in [3.63, 3.8) is 0 Å². The summed E-state index contributed by atoms with van der Waals surface area (Å²) in [4.78, 5) is 10.1. The normalized spacial score (nSPS) is 9.15. The molecule has 0 unspecified atom stereocenters. The molecule has 0 aromatic rings. The molecule has 0 spiro atoms. The summed E-state index contributed by atoms with van der Waals surface area (Å²) >= 11 is 0. The first-order valence-corrected chi connectivity index (χ1v) is 4.75. The van der Waals surface area contributed by atoms with E-state index >= 15 is 0 Å². The van der Waals surface area contributed by atoms with E-state index in [0.29, 0.717) is 5.57 Å². The Balaban J connectivity index is -0.000000218. The maximum absolute atomic E-state index is 10.1. The van der Waals surface area contributed by atoms with Gasteiger partial charge in [-0.2, -0.15) is 0 Å². The Morgan fingerprint density at radius 1 is 1.15 bits per heavy atom. The number of carbonyl (C=O) groups excluding carboxylic acids is 1.